The Labute approximate surface area is 131 Å². The van der Waals surface area contributed by atoms with Gasteiger partial charge in [-0.2, -0.15) is 0 Å². The van der Waals surface area contributed by atoms with Crippen molar-refractivity contribution >= 4 is 11.6 Å². The molecule has 1 aliphatic rings. The molecule has 2 rings (SSSR count). The fourth-order valence-electron chi connectivity index (χ4n) is 2.32. The lowest BCUT2D eigenvalue weighted by atomic mass is 10.2. The maximum absolute atomic E-state index is 9.25. The van der Waals surface area contributed by atoms with Crippen LogP contribution in [0.25, 0.3) is 0 Å². The van der Waals surface area contributed by atoms with E-state index in [9.17, 15) is 5.11 Å². The van der Waals surface area contributed by atoms with E-state index in [0.717, 1.165) is 43.7 Å². The first-order chi connectivity index (χ1) is 10.1. The normalized spacial score (nSPS) is 19.7. The van der Waals surface area contributed by atoms with Crippen LogP contribution < -0.4 is 10.1 Å². The summed E-state index contributed by atoms with van der Waals surface area (Å²) in [6.07, 6.45) is 2.83. The standard InChI is InChI=1S/C16H24ClNO3/c1-12(19)6-7-18-10-13-9-14(17)4-5-16(13)21-11-15-3-2-8-20-15/h4-5,9,12,15,18-19H,2-3,6-8,10-11H2,1H3. The molecule has 0 bridgehead atoms. The first-order valence-electron chi connectivity index (χ1n) is 7.57. The second-order valence-corrected chi connectivity index (χ2v) is 5.95. The van der Waals surface area contributed by atoms with Crippen LogP contribution in [0.1, 0.15) is 31.7 Å². The van der Waals surface area contributed by atoms with Gasteiger partial charge in [0, 0.05) is 23.7 Å². The number of rotatable bonds is 8. The van der Waals surface area contributed by atoms with Crippen LogP contribution in [-0.4, -0.2) is 37.1 Å². The van der Waals surface area contributed by atoms with Crippen LogP contribution in [0, 0.1) is 0 Å². The van der Waals surface area contributed by atoms with Crippen molar-refractivity contribution in [3.63, 3.8) is 0 Å². The summed E-state index contributed by atoms with van der Waals surface area (Å²) in [6.45, 7) is 4.64. The summed E-state index contributed by atoms with van der Waals surface area (Å²) in [5.74, 6) is 0.847. The van der Waals surface area contributed by atoms with Crippen molar-refractivity contribution in [2.24, 2.45) is 0 Å². The lowest BCUT2D eigenvalue weighted by Crippen LogP contribution is -2.20. The van der Waals surface area contributed by atoms with Gasteiger partial charge in [-0.05, 0) is 50.9 Å². The molecule has 5 heteroatoms. The molecular formula is C16H24ClNO3. The summed E-state index contributed by atoms with van der Waals surface area (Å²) in [4.78, 5) is 0. The van der Waals surface area contributed by atoms with Crippen LogP contribution in [0.2, 0.25) is 5.02 Å². The van der Waals surface area contributed by atoms with Crippen LogP contribution in [0.3, 0.4) is 0 Å². The molecule has 0 aliphatic carbocycles. The number of hydrogen-bond donors (Lipinski definition) is 2. The topological polar surface area (TPSA) is 50.7 Å². The number of ether oxygens (including phenoxy) is 2. The summed E-state index contributed by atoms with van der Waals surface area (Å²) < 4.78 is 11.4. The molecule has 2 unspecified atom stereocenters. The monoisotopic (exact) mass is 313 g/mol. The van der Waals surface area contributed by atoms with Crippen LogP contribution in [0.15, 0.2) is 18.2 Å². The van der Waals surface area contributed by atoms with E-state index >= 15 is 0 Å². The predicted molar refractivity (Wildman–Crippen MR) is 83.9 cm³/mol. The van der Waals surface area contributed by atoms with Crippen LogP contribution >= 0.6 is 11.6 Å². The van der Waals surface area contributed by atoms with Gasteiger partial charge in [0.1, 0.15) is 12.4 Å². The van der Waals surface area contributed by atoms with Gasteiger partial charge >= 0.3 is 0 Å². The molecule has 0 saturated carbocycles. The molecule has 118 valence electrons. The Morgan fingerprint density at radius 1 is 1.52 bits per heavy atom. The lowest BCUT2D eigenvalue weighted by Gasteiger charge is -2.15. The maximum Gasteiger partial charge on any atom is 0.124 e. The molecule has 1 fully saturated rings. The van der Waals surface area contributed by atoms with E-state index in [2.05, 4.69) is 5.32 Å². The van der Waals surface area contributed by atoms with Gasteiger partial charge in [-0.1, -0.05) is 11.6 Å². The summed E-state index contributed by atoms with van der Waals surface area (Å²) in [5.41, 5.74) is 1.03. The molecule has 1 heterocycles. The number of nitrogens with one attached hydrogen (secondary N) is 1. The molecular weight excluding hydrogens is 290 g/mol. The first-order valence-corrected chi connectivity index (χ1v) is 7.94. The molecule has 0 spiro atoms. The third-order valence-electron chi connectivity index (χ3n) is 3.53. The van der Waals surface area contributed by atoms with E-state index < -0.39 is 0 Å². The number of aliphatic hydroxyl groups excluding tert-OH is 1. The average molecular weight is 314 g/mol. The van der Waals surface area contributed by atoms with E-state index in [1.165, 1.54) is 0 Å². The molecule has 4 nitrogen and oxygen atoms in total. The molecule has 0 amide bonds. The van der Waals surface area contributed by atoms with Gasteiger partial charge in [0.2, 0.25) is 0 Å². The van der Waals surface area contributed by atoms with Gasteiger partial charge in [0.05, 0.1) is 12.2 Å². The average Bonchev–Trinajstić information content (AvgIpc) is 2.95. The Bertz CT molecular complexity index is 434. The smallest absolute Gasteiger partial charge is 0.124 e. The zero-order chi connectivity index (χ0) is 15.1. The minimum Gasteiger partial charge on any atom is -0.491 e. The third kappa shape index (κ3) is 5.83. The van der Waals surface area contributed by atoms with Gasteiger partial charge in [-0.25, -0.2) is 0 Å². The second kappa shape index (κ2) is 8.59. The largest absolute Gasteiger partial charge is 0.491 e. The van der Waals surface area contributed by atoms with Crippen LogP contribution in [-0.2, 0) is 11.3 Å². The predicted octanol–water partition coefficient (Wildman–Crippen LogP) is 2.76. The van der Waals surface area contributed by atoms with Crippen LogP contribution in [0.5, 0.6) is 5.75 Å². The van der Waals surface area contributed by atoms with E-state index in [-0.39, 0.29) is 12.2 Å². The van der Waals surface area contributed by atoms with Crippen molar-refractivity contribution in [1.29, 1.82) is 0 Å². The van der Waals surface area contributed by atoms with Gasteiger partial charge in [0.25, 0.3) is 0 Å². The molecule has 2 atom stereocenters. The highest BCUT2D eigenvalue weighted by Gasteiger charge is 2.16. The molecule has 0 aromatic heterocycles. The van der Waals surface area contributed by atoms with Gasteiger partial charge in [-0.3, -0.25) is 0 Å². The van der Waals surface area contributed by atoms with Crippen molar-refractivity contribution in [2.75, 3.05) is 19.8 Å². The fraction of sp³-hybridized carbons (Fsp3) is 0.625. The highest BCUT2D eigenvalue weighted by atomic mass is 35.5. The Hall–Kier alpha value is -0.810. The zero-order valence-corrected chi connectivity index (χ0v) is 13.2. The van der Waals surface area contributed by atoms with Crippen molar-refractivity contribution in [3.8, 4) is 5.75 Å². The Kier molecular flexibility index (Phi) is 6.77. The summed E-state index contributed by atoms with van der Waals surface area (Å²) in [6, 6.07) is 5.66. The Morgan fingerprint density at radius 3 is 3.10 bits per heavy atom. The second-order valence-electron chi connectivity index (χ2n) is 5.51. The minimum absolute atomic E-state index is 0.205. The van der Waals surface area contributed by atoms with Gasteiger partial charge in [-0.15, -0.1) is 0 Å². The van der Waals surface area contributed by atoms with Gasteiger partial charge < -0.3 is 19.9 Å². The number of aliphatic hydroxyl groups is 1. The van der Waals surface area contributed by atoms with E-state index in [1.807, 2.05) is 18.2 Å². The van der Waals surface area contributed by atoms with Crippen molar-refractivity contribution < 1.29 is 14.6 Å². The number of halogens is 1. The quantitative estimate of drug-likeness (QED) is 0.725. The first kappa shape index (κ1) is 16.6. The van der Waals surface area contributed by atoms with Crippen molar-refractivity contribution in [3.05, 3.63) is 28.8 Å². The molecule has 21 heavy (non-hydrogen) atoms. The summed E-state index contributed by atoms with van der Waals surface area (Å²) >= 11 is 6.06. The summed E-state index contributed by atoms with van der Waals surface area (Å²) in [7, 11) is 0. The molecule has 0 radical (unpaired) electrons. The van der Waals surface area contributed by atoms with Crippen molar-refractivity contribution in [2.45, 2.75) is 44.9 Å². The molecule has 1 aromatic rings. The van der Waals surface area contributed by atoms with Crippen LogP contribution in [0.4, 0.5) is 0 Å². The van der Waals surface area contributed by atoms with Crippen molar-refractivity contribution in [1.82, 2.24) is 5.32 Å². The molecule has 2 N–H and O–H groups in total. The number of hydrogen-bond acceptors (Lipinski definition) is 4. The highest BCUT2D eigenvalue weighted by molar-refractivity contribution is 6.30. The molecule has 1 aromatic carbocycles. The number of benzene rings is 1. The fourth-order valence-corrected chi connectivity index (χ4v) is 2.51. The minimum atomic E-state index is -0.285. The zero-order valence-electron chi connectivity index (χ0n) is 12.5. The Morgan fingerprint density at radius 2 is 2.38 bits per heavy atom. The van der Waals surface area contributed by atoms with Gasteiger partial charge in [0.15, 0.2) is 0 Å². The van der Waals surface area contributed by atoms with E-state index in [0.29, 0.717) is 18.2 Å². The third-order valence-corrected chi connectivity index (χ3v) is 3.76. The lowest BCUT2D eigenvalue weighted by molar-refractivity contribution is 0.0676. The van der Waals surface area contributed by atoms with E-state index in [1.54, 1.807) is 6.92 Å². The maximum atomic E-state index is 9.25. The Balaban J connectivity index is 1.86. The molecule has 1 saturated heterocycles. The van der Waals surface area contributed by atoms with E-state index in [4.69, 9.17) is 21.1 Å². The SMILES string of the molecule is CC(O)CCNCc1cc(Cl)ccc1OCC1CCCO1. The highest BCUT2D eigenvalue weighted by Crippen LogP contribution is 2.24. The summed E-state index contributed by atoms with van der Waals surface area (Å²) in [5, 5.41) is 13.3. The molecule has 1 aliphatic heterocycles.